The second-order valence-electron chi connectivity index (χ2n) is 21.5. The van der Waals surface area contributed by atoms with Gasteiger partial charge in [0.15, 0.2) is 5.79 Å². The quantitative estimate of drug-likeness (QED) is 0.0327. The molecule has 1 saturated heterocycles. The van der Waals surface area contributed by atoms with E-state index in [1.165, 1.54) is 64.2 Å². The molecule has 0 bridgehead atoms. The number of unbranched alkanes of at least 4 members (excludes halogenated alkanes) is 20. The highest BCUT2D eigenvalue weighted by atomic mass is 16.7. The second kappa shape index (κ2) is 44.5. The molecule has 0 aromatic carbocycles. The highest BCUT2D eigenvalue weighted by Gasteiger charge is 2.40. The molecule has 1 rings (SSSR count). The Labute approximate surface area is 441 Å². The number of carbonyl (C=O) groups is 5. The summed E-state index contributed by atoms with van der Waals surface area (Å²) in [5.41, 5.74) is 0. The maximum Gasteiger partial charge on any atom is 0.325 e. The van der Waals surface area contributed by atoms with E-state index in [1.807, 2.05) is 19.0 Å². The lowest BCUT2D eigenvalue weighted by atomic mass is 9.93. The predicted octanol–water partition coefficient (Wildman–Crippen LogP) is 13.2. The van der Waals surface area contributed by atoms with Crippen molar-refractivity contribution in [1.29, 1.82) is 0 Å². The highest BCUT2D eigenvalue weighted by molar-refractivity contribution is 5.84. The number of hydrogen-bond donors (Lipinski definition) is 0. The van der Waals surface area contributed by atoms with Gasteiger partial charge in [-0.25, -0.2) is 0 Å². The van der Waals surface area contributed by atoms with Gasteiger partial charge in [-0.2, -0.15) is 0 Å². The van der Waals surface area contributed by atoms with Crippen LogP contribution in [0.25, 0.3) is 0 Å². The first kappa shape index (κ1) is 67.2. The summed E-state index contributed by atoms with van der Waals surface area (Å²) in [5, 5.41) is 0. The topological polar surface area (TPSA) is 141 Å². The van der Waals surface area contributed by atoms with E-state index in [0.717, 1.165) is 129 Å². The monoisotopic (exact) mass is 1020 g/mol. The first-order valence-electron chi connectivity index (χ1n) is 29.7. The molecule has 0 saturated carbocycles. The zero-order valence-electron chi connectivity index (χ0n) is 47.9. The summed E-state index contributed by atoms with van der Waals surface area (Å²) in [4.78, 5) is 70.3. The number of rotatable bonds is 49. The summed E-state index contributed by atoms with van der Waals surface area (Å²) in [6.45, 7) is 10.9. The molecule has 2 amide bonds. The molecule has 1 aliphatic heterocycles. The number of ether oxygens (including phenoxy) is 5. The standard InChI is InChI=1S/C59H111N3O10/c1-9-13-17-21-23-29-38-51(36-27-19-15-11-3)57(66)61(7)48-55(64)68-45-33-25-31-42-59(71-50-53(72-59)41-47-70-54(63)40-35-44-60(5)6)43-32-26-34-46-69-56(65)49-62(8)58(67)52(37-28-20-16-12-4)39-30-24-22-18-14-10-2/h51-53H,9-50H2,1-8H3. The normalized spacial score (nSPS) is 16.4. The molecule has 0 spiro atoms. The van der Waals surface area contributed by atoms with Crippen LogP contribution in [0.3, 0.4) is 0 Å². The van der Waals surface area contributed by atoms with Gasteiger partial charge < -0.3 is 38.4 Å². The summed E-state index contributed by atoms with van der Waals surface area (Å²) in [7, 11) is 7.43. The Kier molecular flexibility index (Phi) is 41.6. The molecule has 0 aliphatic carbocycles. The van der Waals surface area contributed by atoms with Crippen LogP contribution in [0.4, 0.5) is 0 Å². The molecule has 422 valence electrons. The van der Waals surface area contributed by atoms with E-state index in [1.54, 1.807) is 23.9 Å². The van der Waals surface area contributed by atoms with E-state index in [0.29, 0.717) is 45.1 Å². The average molecular weight is 1020 g/mol. The van der Waals surface area contributed by atoms with Crippen LogP contribution in [-0.4, -0.2) is 131 Å². The minimum Gasteiger partial charge on any atom is -0.466 e. The molecule has 1 aliphatic rings. The smallest absolute Gasteiger partial charge is 0.325 e. The van der Waals surface area contributed by atoms with Crippen molar-refractivity contribution in [1.82, 2.24) is 14.7 Å². The predicted molar refractivity (Wildman–Crippen MR) is 292 cm³/mol. The minimum atomic E-state index is -0.773. The molecular weight excluding hydrogens is 911 g/mol. The van der Waals surface area contributed by atoms with Gasteiger partial charge in [0.05, 0.1) is 32.5 Å². The maximum atomic E-state index is 13.5. The minimum absolute atomic E-state index is 0.0344. The fourth-order valence-corrected chi connectivity index (χ4v) is 9.80. The fraction of sp³-hybridized carbons (Fsp3) is 0.915. The Hall–Kier alpha value is -2.77. The Bertz CT molecular complexity index is 1300. The van der Waals surface area contributed by atoms with Crippen molar-refractivity contribution in [3.8, 4) is 0 Å². The van der Waals surface area contributed by atoms with E-state index in [9.17, 15) is 24.0 Å². The first-order chi connectivity index (χ1) is 34.8. The summed E-state index contributed by atoms with van der Waals surface area (Å²) >= 11 is 0. The van der Waals surface area contributed by atoms with Gasteiger partial charge in [-0.15, -0.1) is 0 Å². The third kappa shape index (κ3) is 34.7. The molecule has 1 heterocycles. The molecule has 13 heteroatoms. The largest absolute Gasteiger partial charge is 0.466 e. The SMILES string of the molecule is CCCCCCCCC(CCCCCC)C(=O)N(C)CC(=O)OCCCCCC1(CCCCCOC(=O)CN(C)C(=O)C(CCCCCC)CCCCCCCC)OCC(CCOC(=O)CCCN(C)C)O1. The van der Waals surface area contributed by atoms with Crippen LogP contribution in [0.5, 0.6) is 0 Å². The van der Waals surface area contributed by atoms with Crippen molar-refractivity contribution in [2.75, 3.05) is 74.3 Å². The van der Waals surface area contributed by atoms with E-state index >= 15 is 0 Å². The number of nitrogens with zero attached hydrogens (tertiary/aromatic N) is 3. The van der Waals surface area contributed by atoms with Crippen molar-refractivity contribution in [2.24, 2.45) is 11.8 Å². The lowest BCUT2D eigenvalue weighted by Gasteiger charge is -2.28. The van der Waals surface area contributed by atoms with Gasteiger partial charge in [0.1, 0.15) is 13.1 Å². The number of hydrogen-bond acceptors (Lipinski definition) is 11. The lowest BCUT2D eigenvalue weighted by Crippen LogP contribution is -2.37. The molecule has 1 fully saturated rings. The Morgan fingerprint density at radius 1 is 0.472 bits per heavy atom. The fourth-order valence-electron chi connectivity index (χ4n) is 9.80. The Balaban J connectivity index is 2.67. The molecule has 0 aromatic rings. The van der Waals surface area contributed by atoms with Crippen molar-refractivity contribution in [2.45, 2.75) is 264 Å². The van der Waals surface area contributed by atoms with Gasteiger partial charge in [0.2, 0.25) is 11.8 Å². The van der Waals surface area contributed by atoms with Crippen LogP contribution in [0.15, 0.2) is 0 Å². The van der Waals surface area contributed by atoms with Crippen molar-refractivity contribution in [3.63, 3.8) is 0 Å². The average Bonchev–Trinajstić information content (AvgIpc) is 3.76. The summed E-state index contributed by atoms with van der Waals surface area (Å²) in [6, 6.07) is 0. The molecule has 0 N–H and O–H groups in total. The number of amides is 2. The van der Waals surface area contributed by atoms with Crippen LogP contribution in [-0.2, 0) is 47.7 Å². The third-order valence-electron chi connectivity index (χ3n) is 14.3. The zero-order valence-corrected chi connectivity index (χ0v) is 47.9. The molecule has 3 atom stereocenters. The maximum absolute atomic E-state index is 13.5. The third-order valence-corrected chi connectivity index (χ3v) is 14.3. The molecule has 3 unspecified atom stereocenters. The number of likely N-dealkylation sites (N-methyl/N-ethyl adjacent to an activating group) is 2. The van der Waals surface area contributed by atoms with Gasteiger partial charge in [-0.05, 0) is 91.3 Å². The summed E-state index contributed by atoms with van der Waals surface area (Å²) in [5.74, 6) is -1.68. The van der Waals surface area contributed by atoms with Crippen LogP contribution in [0.1, 0.15) is 252 Å². The van der Waals surface area contributed by atoms with Crippen LogP contribution < -0.4 is 0 Å². The van der Waals surface area contributed by atoms with Gasteiger partial charge in [-0.3, -0.25) is 24.0 Å². The lowest BCUT2D eigenvalue weighted by molar-refractivity contribution is -0.181. The van der Waals surface area contributed by atoms with Crippen LogP contribution in [0, 0.1) is 11.8 Å². The van der Waals surface area contributed by atoms with E-state index in [4.69, 9.17) is 23.7 Å². The van der Waals surface area contributed by atoms with Crippen LogP contribution in [0.2, 0.25) is 0 Å². The van der Waals surface area contributed by atoms with Gasteiger partial charge in [-0.1, -0.05) is 156 Å². The Morgan fingerprint density at radius 3 is 1.26 bits per heavy atom. The van der Waals surface area contributed by atoms with E-state index in [-0.39, 0.29) is 80.6 Å². The molecule has 0 aromatic heterocycles. The number of carbonyl (C=O) groups excluding carboxylic acids is 5. The van der Waals surface area contributed by atoms with Gasteiger partial charge >= 0.3 is 17.9 Å². The van der Waals surface area contributed by atoms with Crippen LogP contribution >= 0.6 is 0 Å². The highest BCUT2D eigenvalue weighted by Crippen LogP contribution is 2.35. The van der Waals surface area contributed by atoms with Crippen molar-refractivity contribution < 1.29 is 47.7 Å². The molecular formula is C59H111N3O10. The number of esters is 3. The van der Waals surface area contributed by atoms with E-state index in [2.05, 4.69) is 27.7 Å². The summed E-state index contributed by atoms with van der Waals surface area (Å²) in [6.07, 6.45) is 34.4. The summed E-state index contributed by atoms with van der Waals surface area (Å²) < 4.78 is 29.8. The molecule has 0 radical (unpaired) electrons. The van der Waals surface area contributed by atoms with Gasteiger partial charge in [0.25, 0.3) is 0 Å². The Morgan fingerprint density at radius 2 is 0.847 bits per heavy atom. The molecule has 72 heavy (non-hydrogen) atoms. The molecule has 13 nitrogen and oxygen atoms in total. The van der Waals surface area contributed by atoms with Gasteiger partial charge in [0, 0.05) is 51.6 Å². The zero-order chi connectivity index (χ0) is 53.1. The van der Waals surface area contributed by atoms with E-state index < -0.39 is 5.79 Å². The second-order valence-corrected chi connectivity index (χ2v) is 21.5. The van der Waals surface area contributed by atoms with Crippen molar-refractivity contribution >= 4 is 29.7 Å². The first-order valence-corrected chi connectivity index (χ1v) is 29.7. The van der Waals surface area contributed by atoms with Crippen molar-refractivity contribution in [3.05, 3.63) is 0 Å².